The van der Waals surface area contributed by atoms with Crippen molar-refractivity contribution in [1.82, 2.24) is 20.3 Å². The number of nitrogens with zero attached hydrogens (tertiary/aromatic N) is 3. The predicted molar refractivity (Wildman–Crippen MR) is 64.9 cm³/mol. The molecule has 5 heteroatoms. The van der Waals surface area contributed by atoms with Crippen LogP contribution in [0.1, 0.15) is 18.5 Å². The minimum Gasteiger partial charge on any atom is -0.395 e. The van der Waals surface area contributed by atoms with Crippen molar-refractivity contribution in [3.63, 3.8) is 0 Å². The van der Waals surface area contributed by atoms with E-state index in [1.54, 1.807) is 10.9 Å². The fourth-order valence-corrected chi connectivity index (χ4v) is 1.66. The van der Waals surface area contributed by atoms with Gasteiger partial charge in [-0.15, -0.1) is 5.10 Å². The van der Waals surface area contributed by atoms with Crippen LogP contribution in [-0.2, 0) is 0 Å². The molecule has 0 saturated heterocycles. The summed E-state index contributed by atoms with van der Waals surface area (Å²) in [6, 6.07) is 8.33. The van der Waals surface area contributed by atoms with Crippen LogP contribution in [0.4, 0.5) is 0 Å². The second-order valence-electron chi connectivity index (χ2n) is 3.84. The topological polar surface area (TPSA) is 63.0 Å². The molecule has 17 heavy (non-hydrogen) atoms. The van der Waals surface area contributed by atoms with Crippen LogP contribution in [-0.4, -0.2) is 33.3 Å². The first-order valence-corrected chi connectivity index (χ1v) is 5.62. The number of hydrogen-bond donors (Lipinski definition) is 2. The van der Waals surface area contributed by atoms with Crippen LogP contribution in [0.2, 0.25) is 0 Å². The summed E-state index contributed by atoms with van der Waals surface area (Å²) in [5.41, 5.74) is 2.17. The normalized spacial score (nSPS) is 12.6. The van der Waals surface area contributed by atoms with Crippen molar-refractivity contribution in [1.29, 1.82) is 0 Å². The smallest absolute Gasteiger partial charge is 0.0697 e. The summed E-state index contributed by atoms with van der Waals surface area (Å²) in [5, 5.41) is 19.7. The van der Waals surface area contributed by atoms with E-state index in [1.807, 2.05) is 30.5 Å². The summed E-state index contributed by atoms with van der Waals surface area (Å²) in [6.45, 7) is 2.83. The lowest BCUT2D eigenvalue weighted by Crippen LogP contribution is -2.22. The number of nitrogens with one attached hydrogen (secondary N) is 1. The van der Waals surface area contributed by atoms with Gasteiger partial charge in [0.25, 0.3) is 0 Å². The minimum atomic E-state index is 0.154. The molecule has 0 aliphatic heterocycles. The Labute approximate surface area is 100 Å². The van der Waals surface area contributed by atoms with Gasteiger partial charge >= 0.3 is 0 Å². The van der Waals surface area contributed by atoms with Crippen molar-refractivity contribution in [2.24, 2.45) is 0 Å². The Morgan fingerprint density at radius 3 is 2.71 bits per heavy atom. The average molecular weight is 232 g/mol. The van der Waals surface area contributed by atoms with Gasteiger partial charge in [0, 0.05) is 12.6 Å². The number of aromatic nitrogens is 3. The second kappa shape index (κ2) is 5.56. The van der Waals surface area contributed by atoms with Gasteiger partial charge in [-0.1, -0.05) is 17.3 Å². The van der Waals surface area contributed by atoms with Gasteiger partial charge in [0.1, 0.15) is 0 Å². The van der Waals surface area contributed by atoms with Gasteiger partial charge in [-0.3, -0.25) is 0 Å². The third-order valence-electron chi connectivity index (χ3n) is 2.64. The molecule has 2 rings (SSSR count). The molecule has 2 aromatic rings. The Hall–Kier alpha value is -1.72. The molecule has 0 spiro atoms. The first-order valence-electron chi connectivity index (χ1n) is 5.62. The van der Waals surface area contributed by atoms with Crippen molar-refractivity contribution >= 4 is 0 Å². The maximum Gasteiger partial charge on any atom is 0.0697 e. The highest BCUT2D eigenvalue weighted by Gasteiger charge is 2.04. The molecule has 0 amide bonds. The van der Waals surface area contributed by atoms with Crippen molar-refractivity contribution in [3.05, 3.63) is 42.2 Å². The molecule has 1 aromatic heterocycles. The monoisotopic (exact) mass is 232 g/mol. The molecule has 1 heterocycles. The van der Waals surface area contributed by atoms with Crippen molar-refractivity contribution < 1.29 is 5.11 Å². The Balaban J connectivity index is 2.08. The molecule has 0 aliphatic carbocycles. The Morgan fingerprint density at radius 2 is 2.12 bits per heavy atom. The fraction of sp³-hybridized carbons (Fsp3) is 0.333. The number of aliphatic hydroxyl groups excluding tert-OH is 1. The van der Waals surface area contributed by atoms with Gasteiger partial charge in [0.2, 0.25) is 0 Å². The molecular formula is C12H16N4O. The first-order chi connectivity index (χ1) is 8.31. The SMILES string of the molecule is C[C@H](NCCO)c1ccc(-n2ccnn2)cc1. The highest BCUT2D eigenvalue weighted by Crippen LogP contribution is 2.14. The van der Waals surface area contributed by atoms with E-state index in [4.69, 9.17) is 5.11 Å². The Bertz CT molecular complexity index is 438. The Morgan fingerprint density at radius 1 is 1.35 bits per heavy atom. The molecule has 1 atom stereocenters. The average Bonchev–Trinajstić information content (AvgIpc) is 2.90. The van der Waals surface area contributed by atoms with Crippen molar-refractivity contribution in [2.45, 2.75) is 13.0 Å². The zero-order valence-electron chi connectivity index (χ0n) is 9.74. The first kappa shape index (κ1) is 11.8. The minimum absolute atomic E-state index is 0.154. The third kappa shape index (κ3) is 2.89. The summed E-state index contributed by atoms with van der Waals surface area (Å²) in [7, 11) is 0. The van der Waals surface area contributed by atoms with E-state index in [2.05, 4.69) is 22.6 Å². The lowest BCUT2D eigenvalue weighted by atomic mass is 10.1. The summed E-state index contributed by atoms with van der Waals surface area (Å²) in [6.07, 6.45) is 3.46. The summed E-state index contributed by atoms with van der Waals surface area (Å²) in [4.78, 5) is 0. The number of rotatable bonds is 5. The molecule has 90 valence electrons. The fourth-order valence-electron chi connectivity index (χ4n) is 1.66. The summed E-state index contributed by atoms with van der Waals surface area (Å²) in [5.74, 6) is 0. The van der Waals surface area contributed by atoms with Crippen molar-refractivity contribution in [3.8, 4) is 5.69 Å². The van der Waals surface area contributed by atoms with Crippen LogP contribution in [0.25, 0.3) is 5.69 Å². The van der Waals surface area contributed by atoms with Crippen LogP contribution in [0.5, 0.6) is 0 Å². The largest absolute Gasteiger partial charge is 0.395 e. The second-order valence-corrected chi connectivity index (χ2v) is 3.84. The highest BCUT2D eigenvalue weighted by molar-refractivity contribution is 5.34. The third-order valence-corrected chi connectivity index (χ3v) is 2.64. The molecule has 2 N–H and O–H groups in total. The molecule has 0 unspecified atom stereocenters. The molecule has 0 radical (unpaired) electrons. The number of aliphatic hydroxyl groups is 1. The van der Waals surface area contributed by atoms with E-state index in [1.165, 1.54) is 5.56 Å². The molecule has 0 saturated carbocycles. The molecular weight excluding hydrogens is 216 g/mol. The number of benzene rings is 1. The van der Waals surface area contributed by atoms with Crippen LogP contribution >= 0.6 is 0 Å². The van der Waals surface area contributed by atoms with Crippen LogP contribution in [0.15, 0.2) is 36.7 Å². The lowest BCUT2D eigenvalue weighted by Gasteiger charge is -2.13. The van der Waals surface area contributed by atoms with Gasteiger partial charge in [-0.05, 0) is 24.6 Å². The van der Waals surface area contributed by atoms with E-state index >= 15 is 0 Å². The molecule has 0 aliphatic rings. The maximum atomic E-state index is 8.75. The van der Waals surface area contributed by atoms with Crippen molar-refractivity contribution in [2.75, 3.05) is 13.2 Å². The zero-order valence-corrected chi connectivity index (χ0v) is 9.74. The molecule has 1 aromatic carbocycles. The van der Waals surface area contributed by atoms with E-state index in [-0.39, 0.29) is 12.6 Å². The predicted octanol–water partition coefficient (Wildman–Crippen LogP) is 0.910. The summed E-state index contributed by atoms with van der Waals surface area (Å²) < 4.78 is 1.72. The van der Waals surface area contributed by atoms with E-state index in [0.29, 0.717) is 6.54 Å². The van der Waals surface area contributed by atoms with E-state index < -0.39 is 0 Å². The van der Waals surface area contributed by atoms with Crippen LogP contribution < -0.4 is 5.32 Å². The van der Waals surface area contributed by atoms with Gasteiger partial charge in [0.15, 0.2) is 0 Å². The maximum absolute atomic E-state index is 8.75. The van der Waals surface area contributed by atoms with Gasteiger partial charge in [-0.2, -0.15) is 0 Å². The van der Waals surface area contributed by atoms with Gasteiger partial charge in [0.05, 0.1) is 24.7 Å². The lowest BCUT2D eigenvalue weighted by molar-refractivity contribution is 0.286. The standard InChI is InChI=1S/C12H16N4O/c1-10(13-7-9-17)11-2-4-12(5-3-11)16-8-6-14-15-16/h2-6,8,10,13,17H,7,9H2,1H3/t10-/m0/s1. The van der Waals surface area contributed by atoms with Crippen LogP contribution in [0.3, 0.4) is 0 Å². The zero-order chi connectivity index (χ0) is 12.1. The molecule has 0 fully saturated rings. The quantitative estimate of drug-likeness (QED) is 0.804. The van der Waals surface area contributed by atoms with Gasteiger partial charge < -0.3 is 10.4 Å². The molecule has 0 bridgehead atoms. The van der Waals surface area contributed by atoms with Crippen LogP contribution in [0, 0.1) is 0 Å². The van der Waals surface area contributed by atoms with E-state index in [9.17, 15) is 0 Å². The number of hydrogen-bond acceptors (Lipinski definition) is 4. The Kier molecular flexibility index (Phi) is 3.85. The highest BCUT2D eigenvalue weighted by atomic mass is 16.3. The summed E-state index contributed by atoms with van der Waals surface area (Å²) >= 11 is 0. The van der Waals surface area contributed by atoms with E-state index in [0.717, 1.165) is 5.69 Å². The molecule has 5 nitrogen and oxygen atoms in total. The van der Waals surface area contributed by atoms with Gasteiger partial charge in [-0.25, -0.2) is 4.68 Å².